The van der Waals surface area contributed by atoms with Crippen LogP contribution < -0.4 is 5.43 Å². The van der Waals surface area contributed by atoms with Crippen LogP contribution in [0.1, 0.15) is 22.8 Å². The predicted octanol–water partition coefficient (Wildman–Crippen LogP) is 0.383. The number of rotatable bonds is 2. The van der Waals surface area contributed by atoms with Crippen LogP contribution >= 0.6 is 0 Å². The molecular weight excluding hydrogens is 336 g/mol. The number of carbonyl (C=O) groups is 1. The Bertz CT molecular complexity index is 1050. The third-order valence-electron chi connectivity index (χ3n) is 4.89. The van der Waals surface area contributed by atoms with Crippen molar-refractivity contribution < 1.29 is 9.53 Å². The Morgan fingerprint density at radius 3 is 2.85 bits per heavy atom. The molecule has 1 amide bonds. The third-order valence-corrected chi connectivity index (χ3v) is 4.89. The molecule has 1 atom stereocenters. The van der Waals surface area contributed by atoms with Crippen LogP contribution in [0.5, 0.6) is 0 Å². The smallest absolute Gasteiger partial charge is 0.259 e. The van der Waals surface area contributed by atoms with Crippen molar-refractivity contribution in [2.45, 2.75) is 12.5 Å². The van der Waals surface area contributed by atoms with Gasteiger partial charge in [0, 0.05) is 38.6 Å². The first kappa shape index (κ1) is 16.5. The van der Waals surface area contributed by atoms with Crippen LogP contribution in [-0.2, 0) is 24.4 Å². The molecule has 1 aliphatic rings. The maximum absolute atomic E-state index is 13.0. The van der Waals surface area contributed by atoms with Gasteiger partial charge in [0.05, 0.1) is 30.9 Å². The van der Waals surface area contributed by atoms with Gasteiger partial charge in [-0.05, 0) is 6.92 Å². The number of fused-ring (bicyclic) bond motifs is 1. The largest absolute Gasteiger partial charge is 0.367 e. The monoisotopic (exact) mass is 356 g/mol. The molecule has 1 saturated heterocycles. The van der Waals surface area contributed by atoms with Crippen LogP contribution in [0.4, 0.5) is 0 Å². The second kappa shape index (κ2) is 5.80. The zero-order chi connectivity index (χ0) is 18.5. The number of amides is 1. The maximum Gasteiger partial charge on any atom is 0.259 e. The van der Waals surface area contributed by atoms with Crippen molar-refractivity contribution >= 4 is 16.9 Å². The fraction of sp³-hybridized carbons (Fsp3) is 0.412. The average molecular weight is 356 g/mol. The highest BCUT2D eigenvalue weighted by Crippen LogP contribution is 2.29. The number of H-pyrrole nitrogens is 1. The highest BCUT2D eigenvalue weighted by Gasteiger charge is 2.37. The summed E-state index contributed by atoms with van der Waals surface area (Å²) in [5, 5.41) is 8.65. The number of aryl methyl sites for hydroxylation is 2. The van der Waals surface area contributed by atoms with Gasteiger partial charge in [-0.2, -0.15) is 10.2 Å². The lowest BCUT2D eigenvalue weighted by Crippen LogP contribution is -2.51. The van der Waals surface area contributed by atoms with E-state index in [4.69, 9.17) is 4.74 Å². The van der Waals surface area contributed by atoms with Gasteiger partial charge in [0.25, 0.3) is 5.91 Å². The second-order valence-electron chi connectivity index (χ2n) is 6.77. The summed E-state index contributed by atoms with van der Waals surface area (Å²) in [7, 11) is 3.57. The average Bonchev–Trinajstić information content (AvgIpc) is 3.22. The normalized spacial score (nSPS) is 20.7. The molecule has 0 aromatic carbocycles. The van der Waals surface area contributed by atoms with Gasteiger partial charge in [-0.15, -0.1) is 0 Å². The molecule has 0 radical (unpaired) electrons. The van der Waals surface area contributed by atoms with E-state index in [0.717, 1.165) is 5.56 Å². The minimum Gasteiger partial charge on any atom is -0.367 e. The molecule has 0 bridgehead atoms. The molecule has 1 N–H and O–H groups in total. The molecule has 0 spiro atoms. The van der Waals surface area contributed by atoms with Gasteiger partial charge in [0.15, 0.2) is 0 Å². The molecule has 4 heterocycles. The van der Waals surface area contributed by atoms with E-state index in [1.807, 2.05) is 20.2 Å². The Morgan fingerprint density at radius 2 is 2.12 bits per heavy atom. The molecule has 1 fully saturated rings. The lowest BCUT2D eigenvalue weighted by molar-refractivity contribution is -0.0931. The summed E-state index contributed by atoms with van der Waals surface area (Å²) in [6, 6.07) is 0. The summed E-state index contributed by atoms with van der Waals surface area (Å²) in [4.78, 5) is 30.3. The first-order valence-corrected chi connectivity index (χ1v) is 8.35. The van der Waals surface area contributed by atoms with Gasteiger partial charge >= 0.3 is 0 Å². The quantitative estimate of drug-likeness (QED) is 0.716. The van der Waals surface area contributed by atoms with Gasteiger partial charge < -0.3 is 14.6 Å². The molecule has 0 saturated carbocycles. The first-order valence-electron chi connectivity index (χ1n) is 8.35. The molecule has 3 aromatic rings. The third kappa shape index (κ3) is 2.51. The van der Waals surface area contributed by atoms with Crippen molar-refractivity contribution in [3.8, 4) is 0 Å². The summed E-state index contributed by atoms with van der Waals surface area (Å²) < 4.78 is 9.21. The van der Waals surface area contributed by atoms with E-state index in [9.17, 15) is 9.59 Å². The molecule has 0 aliphatic carbocycles. The first-order chi connectivity index (χ1) is 12.4. The van der Waals surface area contributed by atoms with Gasteiger partial charge in [0.2, 0.25) is 5.43 Å². The Labute approximate surface area is 149 Å². The zero-order valence-corrected chi connectivity index (χ0v) is 14.9. The number of hydrogen-bond acceptors (Lipinski definition) is 5. The highest BCUT2D eigenvalue weighted by atomic mass is 16.5. The number of ether oxygens (including phenoxy) is 1. The van der Waals surface area contributed by atoms with Crippen molar-refractivity contribution in [2.24, 2.45) is 14.1 Å². The number of hydrogen-bond donors (Lipinski definition) is 1. The molecule has 9 heteroatoms. The minimum absolute atomic E-state index is 0.112. The molecule has 1 aliphatic heterocycles. The number of pyridine rings is 1. The molecule has 3 aromatic heterocycles. The summed E-state index contributed by atoms with van der Waals surface area (Å²) in [5.41, 5.74) is 0.628. The van der Waals surface area contributed by atoms with E-state index in [-0.39, 0.29) is 16.9 Å². The number of morpholine rings is 1. The maximum atomic E-state index is 13.0. The van der Waals surface area contributed by atoms with E-state index in [0.29, 0.717) is 30.7 Å². The summed E-state index contributed by atoms with van der Waals surface area (Å²) in [5.74, 6) is -0.310. The zero-order valence-electron chi connectivity index (χ0n) is 14.9. The Morgan fingerprint density at radius 1 is 1.31 bits per heavy atom. The number of aromatic amines is 1. The lowest BCUT2D eigenvalue weighted by Gasteiger charge is -2.40. The number of nitrogens with zero attached hydrogens (tertiary/aromatic N) is 5. The lowest BCUT2D eigenvalue weighted by atomic mass is 9.96. The molecule has 1 unspecified atom stereocenters. The Kier molecular flexibility index (Phi) is 3.69. The van der Waals surface area contributed by atoms with Crippen molar-refractivity contribution in [1.29, 1.82) is 0 Å². The SMILES string of the molecule is Cn1cc(C2(C)CN(C(=O)c3c[nH]c4c(cnn4C)c3=O)CCO2)cn1. The van der Waals surface area contributed by atoms with E-state index < -0.39 is 5.60 Å². The van der Waals surface area contributed by atoms with E-state index >= 15 is 0 Å². The number of carbonyl (C=O) groups excluding carboxylic acids is 1. The second-order valence-corrected chi connectivity index (χ2v) is 6.77. The van der Waals surface area contributed by atoms with Crippen LogP contribution in [0.3, 0.4) is 0 Å². The van der Waals surface area contributed by atoms with E-state index in [2.05, 4.69) is 15.2 Å². The molecule has 4 rings (SSSR count). The highest BCUT2D eigenvalue weighted by molar-refractivity contribution is 5.96. The molecule has 9 nitrogen and oxygen atoms in total. The Hall–Kier alpha value is -2.94. The number of nitrogens with one attached hydrogen (secondary N) is 1. The van der Waals surface area contributed by atoms with Crippen LogP contribution in [0, 0.1) is 0 Å². The molecular formula is C17H20N6O3. The van der Waals surface area contributed by atoms with Crippen molar-refractivity contribution in [2.75, 3.05) is 19.7 Å². The fourth-order valence-electron chi connectivity index (χ4n) is 3.37. The summed E-state index contributed by atoms with van der Waals surface area (Å²) in [6.07, 6.45) is 6.56. The van der Waals surface area contributed by atoms with Crippen LogP contribution in [0.15, 0.2) is 29.6 Å². The van der Waals surface area contributed by atoms with Crippen molar-refractivity contribution in [1.82, 2.24) is 29.4 Å². The van der Waals surface area contributed by atoms with Crippen molar-refractivity contribution in [3.05, 3.63) is 46.1 Å². The van der Waals surface area contributed by atoms with Gasteiger partial charge in [-0.1, -0.05) is 0 Å². The van der Waals surface area contributed by atoms with E-state index in [1.165, 1.54) is 12.4 Å². The fourth-order valence-corrected chi connectivity index (χ4v) is 3.37. The standard InChI is InChI=1S/C17H20N6O3/c1-17(11-6-19-21(2)9-11)10-23(4-5-26-17)16(25)13-7-18-15-12(14(13)24)8-20-22(15)3/h6-9H,4-5,10H2,1-3H3,(H,18,24). The Balaban J connectivity index is 1.66. The van der Waals surface area contributed by atoms with Crippen molar-refractivity contribution in [3.63, 3.8) is 0 Å². The summed E-state index contributed by atoms with van der Waals surface area (Å²) in [6.45, 7) is 3.10. The van der Waals surface area contributed by atoms with Crippen LogP contribution in [-0.4, -0.2) is 55.0 Å². The molecule has 26 heavy (non-hydrogen) atoms. The van der Waals surface area contributed by atoms with Gasteiger partial charge in [-0.25, -0.2) is 0 Å². The van der Waals surface area contributed by atoms with E-state index in [1.54, 1.807) is 27.5 Å². The van der Waals surface area contributed by atoms with Gasteiger partial charge in [0.1, 0.15) is 16.8 Å². The minimum atomic E-state index is -0.659. The van der Waals surface area contributed by atoms with Crippen LogP contribution in [0.25, 0.3) is 11.0 Å². The van der Waals surface area contributed by atoms with Gasteiger partial charge in [-0.3, -0.25) is 19.0 Å². The predicted molar refractivity (Wildman–Crippen MR) is 93.8 cm³/mol. The molecule has 136 valence electrons. The van der Waals surface area contributed by atoms with Crippen LogP contribution in [0.2, 0.25) is 0 Å². The topological polar surface area (TPSA) is 98.0 Å². The number of aromatic nitrogens is 5. The summed E-state index contributed by atoms with van der Waals surface area (Å²) >= 11 is 0.